The SMILES string of the molecule is CNC(=O)[C@]12CC1[C@@H](n1cnc3c(NC)nc(C#Cc4ccc(Cl)o4)nc31)C(O)[C@@H]2O. The number of hydrogen-bond acceptors (Lipinski definition) is 8. The van der Waals surface area contributed by atoms with Crippen molar-refractivity contribution in [2.75, 3.05) is 19.4 Å². The molecule has 10 nitrogen and oxygen atoms in total. The van der Waals surface area contributed by atoms with Crippen molar-refractivity contribution in [2.45, 2.75) is 24.7 Å². The summed E-state index contributed by atoms with van der Waals surface area (Å²) in [4.78, 5) is 25.7. The van der Waals surface area contributed by atoms with Crippen LogP contribution in [0.2, 0.25) is 5.22 Å². The number of rotatable bonds is 3. The molecule has 31 heavy (non-hydrogen) atoms. The molecule has 0 spiro atoms. The van der Waals surface area contributed by atoms with Crippen LogP contribution in [0.15, 0.2) is 22.9 Å². The topological polar surface area (TPSA) is 138 Å². The summed E-state index contributed by atoms with van der Waals surface area (Å²) < 4.78 is 6.93. The number of imidazole rings is 1. The van der Waals surface area contributed by atoms with Gasteiger partial charge in [0.1, 0.15) is 6.10 Å². The highest BCUT2D eigenvalue weighted by atomic mass is 35.5. The van der Waals surface area contributed by atoms with Crippen LogP contribution in [0.3, 0.4) is 0 Å². The second kappa shape index (κ2) is 6.95. The number of amides is 1. The number of aliphatic hydroxyl groups excluding tert-OH is 2. The van der Waals surface area contributed by atoms with Crippen LogP contribution in [0.1, 0.15) is 24.0 Å². The fourth-order valence-corrected chi connectivity index (χ4v) is 4.80. The molecular weight excluding hydrogens is 424 g/mol. The number of fused-ring (bicyclic) bond motifs is 2. The summed E-state index contributed by atoms with van der Waals surface area (Å²) in [5.41, 5.74) is -0.0546. The molecule has 2 aliphatic rings. The van der Waals surface area contributed by atoms with E-state index in [1.165, 1.54) is 7.05 Å². The number of nitrogens with one attached hydrogen (secondary N) is 2. The van der Waals surface area contributed by atoms with Gasteiger partial charge < -0.3 is 29.8 Å². The van der Waals surface area contributed by atoms with E-state index in [4.69, 9.17) is 16.0 Å². The Morgan fingerprint density at radius 2 is 2.13 bits per heavy atom. The highest BCUT2D eigenvalue weighted by molar-refractivity contribution is 6.28. The van der Waals surface area contributed by atoms with Crippen molar-refractivity contribution in [2.24, 2.45) is 11.3 Å². The van der Waals surface area contributed by atoms with Gasteiger partial charge in [-0.15, -0.1) is 0 Å². The Labute approximate surface area is 181 Å². The summed E-state index contributed by atoms with van der Waals surface area (Å²) in [6, 6.07) is 2.67. The van der Waals surface area contributed by atoms with Crippen LogP contribution in [0.4, 0.5) is 5.82 Å². The highest BCUT2D eigenvalue weighted by Gasteiger charge is 2.75. The lowest BCUT2D eigenvalue weighted by Crippen LogP contribution is -2.41. The van der Waals surface area contributed by atoms with Gasteiger partial charge in [-0.25, -0.2) is 15.0 Å². The molecule has 11 heteroatoms. The second-order valence-corrected chi connectivity index (χ2v) is 8.05. The number of halogens is 1. The van der Waals surface area contributed by atoms with Crippen molar-refractivity contribution < 1.29 is 19.4 Å². The molecule has 2 unspecified atom stereocenters. The van der Waals surface area contributed by atoms with Crippen LogP contribution >= 0.6 is 11.6 Å². The van der Waals surface area contributed by atoms with Crippen LogP contribution in [0.25, 0.3) is 11.2 Å². The Hall–Kier alpha value is -3.13. The third-order valence-electron chi connectivity index (χ3n) is 6.17. The summed E-state index contributed by atoms with van der Waals surface area (Å²) in [6.07, 6.45) is -0.289. The number of aliphatic hydroxyl groups is 2. The molecular formula is C20H19ClN6O4. The zero-order valence-corrected chi connectivity index (χ0v) is 17.4. The minimum atomic E-state index is -1.17. The smallest absolute Gasteiger partial charge is 0.229 e. The van der Waals surface area contributed by atoms with Gasteiger partial charge in [0.25, 0.3) is 0 Å². The maximum atomic E-state index is 12.4. The average Bonchev–Trinajstić information content (AvgIpc) is 3.02. The van der Waals surface area contributed by atoms with E-state index in [1.807, 2.05) is 0 Å². The molecule has 0 aromatic carbocycles. The summed E-state index contributed by atoms with van der Waals surface area (Å²) >= 11 is 5.77. The lowest BCUT2D eigenvalue weighted by Gasteiger charge is -2.23. The molecule has 3 heterocycles. The molecule has 0 bridgehead atoms. The van der Waals surface area contributed by atoms with E-state index in [1.54, 1.807) is 30.1 Å². The van der Waals surface area contributed by atoms with E-state index in [9.17, 15) is 15.0 Å². The third-order valence-corrected chi connectivity index (χ3v) is 6.38. The van der Waals surface area contributed by atoms with Crippen LogP contribution in [-0.4, -0.2) is 61.9 Å². The third kappa shape index (κ3) is 2.81. The summed E-state index contributed by atoms with van der Waals surface area (Å²) in [7, 11) is 3.23. The van der Waals surface area contributed by atoms with Gasteiger partial charge >= 0.3 is 0 Å². The predicted octanol–water partition coefficient (Wildman–Crippen LogP) is 0.543. The van der Waals surface area contributed by atoms with Crippen molar-refractivity contribution >= 4 is 34.5 Å². The zero-order chi connectivity index (χ0) is 21.9. The van der Waals surface area contributed by atoms with Gasteiger partial charge in [-0.2, -0.15) is 0 Å². The molecule has 2 saturated carbocycles. The molecule has 5 atom stereocenters. The summed E-state index contributed by atoms with van der Waals surface area (Å²) in [5.74, 6) is 6.20. The molecule has 2 aliphatic carbocycles. The maximum absolute atomic E-state index is 12.4. The molecule has 0 saturated heterocycles. The summed E-state index contributed by atoms with van der Waals surface area (Å²) in [5, 5.41) is 27.2. The Bertz CT molecular complexity index is 1260. The average molecular weight is 443 g/mol. The van der Waals surface area contributed by atoms with Gasteiger partial charge in [0.15, 0.2) is 28.0 Å². The largest absolute Gasteiger partial charge is 0.436 e. The minimum Gasteiger partial charge on any atom is -0.436 e. The molecule has 5 rings (SSSR count). The van der Waals surface area contributed by atoms with Crippen molar-refractivity contribution in [3.63, 3.8) is 0 Å². The van der Waals surface area contributed by atoms with Crippen molar-refractivity contribution in [1.29, 1.82) is 0 Å². The lowest BCUT2D eigenvalue weighted by molar-refractivity contribution is -0.132. The number of anilines is 1. The van der Waals surface area contributed by atoms with Crippen molar-refractivity contribution in [3.8, 4) is 11.8 Å². The van der Waals surface area contributed by atoms with Gasteiger partial charge in [-0.3, -0.25) is 4.79 Å². The van der Waals surface area contributed by atoms with E-state index in [0.717, 1.165) is 0 Å². The molecule has 0 radical (unpaired) electrons. The van der Waals surface area contributed by atoms with Gasteiger partial charge in [-0.05, 0) is 42.0 Å². The van der Waals surface area contributed by atoms with Crippen molar-refractivity contribution in [1.82, 2.24) is 24.8 Å². The van der Waals surface area contributed by atoms with Crippen LogP contribution < -0.4 is 10.6 Å². The van der Waals surface area contributed by atoms with E-state index >= 15 is 0 Å². The van der Waals surface area contributed by atoms with Crippen LogP contribution in [-0.2, 0) is 4.79 Å². The summed E-state index contributed by atoms with van der Waals surface area (Å²) in [6.45, 7) is 0. The number of hydrogen-bond donors (Lipinski definition) is 4. The minimum absolute atomic E-state index is 0.215. The van der Waals surface area contributed by atoms with E-state index in [-0.39, 0.29) is 22.9 Å². The Balaban J connectivity index is 1.58. The molecule has 4 N–H and O–H groups in total. The number of aromatic nitrogens is 4. The van der Waals surface area contributed by atoms with E-state index in [2.05, 4.69) is 37.4 Å². The number of furan rings is 1. The van der Waals surface area contributed by atoms with Crippen LogP contribution in [0, 0.1) is 23.2 Å². The maximum Gasteiger partial charge on any atom is 0.229 e. The molecule has 160 valence electrons. The molecule has 3 aromatic heterocycles. The number of carbonyl (C=O) groups excluding carboxylic acids is 1. The second-order valence-electron chi connectivity index (χ2n) is 7.68. The van der Waals surface area contributed by atoms with E-state index in [0.29, 0.717) is 29.2 Å². The van der Waals surface area contributed by atoms with Gasteiger partial charge in [0.2, 0.25) is 11.7 Å². The fourth-order valence-electron chi connectivity index (χ4n) is 4.65. The first-order valence-corrected chi connectivity index (χ1v) is 10.1. The first-order chi connectivity index (χ1) is 14.9. The monoisotopic (exact) mass is 442 g/mol. The Morgan fingerprint density at radius 1 is 1.32 bits per heavy atom. The molecule has 0 aliphatic heterocycles. The first-order valence-electron chi connectivity index (χ1n) is 9.68. The van der Waals surface area contributed by atoms with Gasteiger partial charge in [0.05, 0.1) is 23.9 Å². The Kier molecular flexibility index (Phi) is 4.44. The number of carbonyl (C=O) groups is 1. The molecule has 3 aromatic rings. The van der Waals surface area contributed by atoms with Gasteiger partial charge in [-0.1, -0.05) is 0 Å². The lowest BCUT2D eigenvalue weighted by atomic mass is 9.98. The normalized spacial score (nSPS) is 28.7. The quantitative estimate of drug-likeness (QED) is 0.431. The molecule has 1 amide bonds. The van der Waals surface area contributed by atoms with E-state index < -0.39 is 23.7 Å². The number of nitrogens with zero attached hydrogens (tertiary/aromatic N) is 4. The predicted molar refractivity (Wildman–Crippen MR) is 110 cm³/mol. The highest BCUT2D eigenvalue weighted by Crippen LogP contribution is 2.67. The van der Waals surface area contributed by atoms with Gasteiger partial charge in [0, 0.05) is 20.0 Å². The molecule has 2 fully saturated rings. The van der Waals surface area contributed by atoms with Crippen LogP contribution in [0.5, 0.6) is 0 Å². The fraction of sp³-hybridized carbons (Fsp3) is 0.400. The standard InChI is InChI=1S/C20H19ClN6O4/c1-22-17-13-18(26-12(25-17)6-4-9-3-5-11(21)31-9)27(8-24-13)14-10-7-20(10,19(30)23-2)16(29)15(14)28/h3,5,8,10,14-16,28-29H,7H2,1-2H3,(H,23,30)(H,22,25,26)/t10?,14-,15?,16+,20-/m1/s1. The first kappa shape index (κ1) is 19.8. The van der Waals surface area contributed by atoms with Crippen molar-refractivity contribution in [3.05, 3.63) is 35.3 Å². The zero-order valence-electron chi connectivity index (χ0n) is 16.6. The Morgan fingerprint density at radius 3 is 2.81 bits per heavy atom.